The van der Waals surface area contributed by atoms with Crippen LogP contribution in [0.1, 0.15) is 23.4 Å². The van der Waals surface area contributed by atoms with Gasteiger partial charge in [-0.05, 0) is 30.4 Å². The van der Waals surface area contributed by atoms with Crippen LogP contribution in [-0.4, -0.2) is 23.3 Å². The van der Waals surface area contributed by atoms with Gasteiger partial charge in [0.2, 0.25) is 10.0 Å². The molecule has 0 N–H and O–H groups in total. The van der Waals surface area contributed by atoms with Crippen molar-refractivity contribution in [3.8, 4) is 0 Å². The normalized spacial score (nSPS) is 15.8. The summed E-state index contributed by atoms with van der Waals surface area (Å²) in [5.74, 6) is 0.306. The molecular formula is C14H17ClN2O2S2. The number of halogens is 1. The lowest BCUT2D eigenvalue weighted by molar-refractivity contribution is 0.401. The molecule has 0 aliphatic heterocycles. The second-order valence-corrected chi connectivity index (χ2v) is 8.46. The third-order valence-electron chi connectivity index (χ3n) is 3.67. The van der Waals surface area contributed by atoms with Crippen LogP contribution in [0.15, 0.2) is 34.7 Å². The van der Waals surface area contributed by atoms with E-state index in [1.54, 1.807) is 32.5 Å². The van der Waals surface area contributed by atoms with Crippen molar-refractivity contribution in [1.82, 2.24) is 8.87 Å². The van der Waals surface area contributed by atoms with Crippen molar-refractivity contribution in [2.75, 3.05) is 0 Å². The van der Waals surface area contributed by atoms with Gasteiger partial charge >= 0.3 is 0 Å². The number of thiophene rings is 1. The number of aryl methyl sites for hydroxylation is 1. The van der Waals surface area contributed by atoms with E-state index in [4.69, 9.17) is 11.6 Å². The average Bonchev–Trinajstić information content (AvgIpc) is 3.00. The molecule has 0 saturated heterocycles. The van der Waals surface area contributed by atoms with E-state index >= 15 is 0 Å². The zero-order chi connectivity index (χ0) is 15.0. The van der Waals surface area contributed by atoms with Crippen LogP contribution in [-0.2, 0) is 29.5 Å². The Labute approximate surface area is 134 Å². The molecule has 3 rings (SSSR count). The first-order valence-electron chi connectivity index (χ1n) is 6.78. The summed E-state index contributed by atoms with van der Waals surface area (Å²) in [5.41, 5.74) is 0.808. The monoisotopic (exact) mass is 344 g/mol. The molecule has 0 amide bonds. The van der Waals surface area contributed by atoms with Gasteiger partial charge in [0, 0.05) is 36.4 Å². The second kappa shape index (κ2) is 5.76. The topological polar surface area (TPSA) is 42.3 Å². The van der Waals surface area contributed by atoms with Crippen LogP contribution in [0.2, 0.25) is 0 Å². The molecule has 0 radical (unpaired) electrons. The second-order valence-electron chi connectivity index (χ2n) is 5.27. The lowest BCUT2D eigenvalue weighted by Gasteiger charge is -2.20. The highest BCUT2D eigenvalue weighted by Gasteiger charge is 2.38. The Morgan fingerprint density at radius 1 is 1.48 bits per heavy atom. The van der Waals surface area contributed by atoms with Gasteiger partial charge in [0.25, 0.3) is 0 Å². The quantitative estimate of drug-likeness (QED) is 0.755. The van der Waals surface area contributed by atoms with Crippen molar-refractivity contribution >= 4 is 33.0 Å². The van der Waals surface area contributed by atoms with Crippen molar-refractivity contribution in [3.63, 3.8) is 0 Å². The Morgan fingerprint density at radius 2 is 2.24 bits per heavy atom. The molecule has 0 spiro atoms. The molecule has 2 heterocycles. The van der Waals surface area contributed by atoms with E-state index in [0.717, 1.165) is 23.4 Å². The average molecular weight is 345 g/mol. The van der Waals surface area contributed by atoms with Crippen LogP contribution in [0.4, 0.5) is 0 Å². The molecule has 4 nitrogen and oxygen atoms in total. The number of aromatic nitrogens is 1. The Bertz CT molecular complexity index is 718. The molecule has 1 aliphatic rings. The molecule has 1 saturated carbocycles. The van der Waals surface area contributed by atoms with E-state index in [9.17, 15) is 8.42 Å². The van der Waals surface area contributed by atoms with Crippen molar-refractivity contribution in [3.05, 3.63) is 40.3 Å². The fourth-order valence-electron chi connectivity index (χ4n) is 2.32. The minimum atomic E-state index is -3.47. The highest BCUT2D eigenvalue weighted by atomic mass is 35.5. The van der Waals surface area contributed by atoms with E-state index in [1.807, 2.05) is 24.6 Å². The molecule has 21 heavy (non-hydrogen) atoms. The van der Waals surface area contributed by atoms with Crippen LogP contribution >= 0.6 is 22.9 Å². The molecule has 0 aromatic carbocycles. The van der Waals surface area contributed by atoms with Gasteiger partial charge in [-0.3, -0.25) is 0 Å². The van der Waals surface area contributed by atoms with Gasteiger partial charge in [-0.1, -0.05) is 6.07 Å². The zero-order valence-corrected chi connectivity index (χ0v) is 14.1. The molecular weight excluding hydrogens is 328 g/mol. The highest BCUT2D eigenvalue weighted by molar-refractivity contribution is 7.89. The minimum Gasteiger partial charge on any atom is -0.352 e. The zero-order valence-electron chi connectivity index (χ0n) is 11.7. The van der Waals surface area contributed by atoms with Gasteiger partial charge < -0.3 is 4.57 Å². The predicted octanol–water partition coefficient (Wildman–Crippen LogP) is 3.18. The molecule has 1 aliphatic carbocycles. The molecule has 114 valence electrons. The molecule has 0 unspecified atom stereocenters. The van der Waals surface area contributed by atoms with E-state index in [2.05, 4.69) is 0 Å². The molecule has 2 aromatic heterocycles. The lowest BCUT2D eigenvalue weighted by Crippen LogP contribution is -2.32. The maximum absolute atomic E-state index is 12.9. The Balaban J connectivity index is 1.93. The van der Waals surface area contributed by atoms with Crippen LogP contribution in [0.3, 0.4) is 0 Å². The van der Waals surface area contributed by atoms with Gasteiger partial charge in [-0.2, -0.15) is 4.31 Å². The van der Waals surface area contributed by atoms with Gasteiger partial charge in [-0.15, -0.1) is 22.9 Å². The number of hydrogen-bond acceptors (Lipinski definition) is 3. The fourth-order valence-corrected chi connectivity index (χ4v) is 5.12. The van der Waals surface area contributed by atoms with Crippen LogP contribution in [0.5, 0.6) is 0 Å². The third-order valence-corrected chi connectivity index (χ3v) is 6.67. The Hall–Kier alpha value is -0.820. The molecule has 0 bridgehead atoms. The number of sulfonamides is 1. The Morgan fingerprint density at radius 3 is 2.76 bits per heavy atom. The first-order chi connectivity index (χ1) is 10.0. The van der Waals surface area contributed by atoms with E-state index in [-0.39, 0.29) is 6.04 Å². The largest absolute Gasteiger partial charge is 0.352 e. The third kappa shape index (κ3) is 3.04. The van der Waals surface area contributed by atoms with E-state index < -0.39 is 10.0 Å². The SMILES string of the molecule is Cn1cc(S(=O)(=O)N(Cc2cccs2)C2CC2)cc1CCl. The first-order valence-corrected chi connectivity index (χ1v) is 9.63. The van der Waals surface area contributed by atoms with Gasteiger partial charge in [0.15, 0.2) is 0 Å². The van der Waals surface area contributed by atoms with Gasteiger partial charge in [0.1, 0.15) is 4.90 Å². The number of rotatable bonds is 6. The summed E-state index contributed by atoms with van der Waals surface area (Å²) in [7, 11) is -1.65. The summed E-state index contributed by atoms with van der Waals surface area (Å²) in [6.45, 7) is 0.454. The minimum absolute atomic E-state index is 0.136. The van der Waals surface area contributed by atoms with E-state index in [1.165, 1.54) is 0 Å². The highest BCUT2D eigenvalue weighted by Crippen LogP contribution is 2.34. The summed E-state index contributed by atoms with van der Waals surface area (Å²) in [4.78, 5) is 1.41. The summed E-state index contributed by atoms with van der Waals surface area (Å²) in [5, 5.41) is 1.97. The number of nitrogens with zero attached hydrogens (tertiary/aromatic N) is 2. The number of hydrogen-bond donors (Lipinski definition) is 0. The standard InChI is InChI=1S/C14H17ClN2O2S2/c1-16-10-14(7-12(16)8-15)21(18,19)17(11-4-5-11)9-13-3-2-6-20-13/h2-3,6-7,10-11H,4-5,8-9H2,1H3. The fraction of sp³-hybridized carbons (Fsp3) is 0.429. The summed E-state index contributed by atoms with van der Waals surface area (Å²) in [6.07, 6.45) is 3.54. The Kier molecular flexibility index (Phi) is 4.14. The maximum Gasteiger partial charge on any atom is 0.245 e. The molecule has 7 heteroatoms. The van der Waals surface area contributed by atoms with Crippen molar-refractivity contribution in [2.45, 2.75) is 36.2 Å². The smallest absolute Gasteiger partial charge is 0.245 e. The lowest BCUT2D eigenvalue weighted by atomic mass is 10.4. The van der Waals surface area contributed by atoms with Crippen LogP contribution in [0, 0.1) is 0 Å². The molecule has 1 fully saturated rings. The molecule has 2 aromatic rings. The van der Waals surface area contributed by atoms with Gasteiger partial charge in [-0.25, -0.2) is 8.42 Å². The van der Waals surface area contributed by atoms with Gasteiger partial charge in [0.05, 0.1) is 5.88 Å². The summed E-state index contributed by atoms with van der Waals surface area (Å²) < 4.78 is 29.2. The van der Waals surface area contributed by atoms with Crippen LogP contribution in [0.25, 0.3) is 0 Å². The summed E-state index contributed by atoms with van der Waals surface area (Å²) >= 11 is 7.43. The van der Waals surface area contributed by atoms with Crippen molar-refractivity contribution in [2.24, 2.45) is 7.05 Å². The van der Waals surface area contributed by atoms with Crippen LogP contribution < -0.4 is 0 Å². The van der Waals surface area contributed by atoms with E-state index in [0.29, 0.717) is 17.3 Å². The maximum atomic E-state index is 12.9. The van der Waals surface area contributed by atoms with Crippen molar-refractivity contribution < 1.29 is 8.42 Å². The summed E-state index contributed by atoms with van der Waals surface area (Å²) in [6, 6.07) is 5.74. The molecule has 0 atom stereocenters. The number of alkyl halides is 1. The predicted molar refractivity (Wildman–Crippen MR) is 85.0 cm³/mol. The van der Waals surface area contributed by atoms with Crippen molar-refractivity contribution in [1.29, 1.82) is 0 Å². The first kappa shape index (κ1) is 15.1.